The van der Waals surface area contributed by atoms with E-state index in [2.05, 4.69) is 65.6 Å². The molecule has 0 aliphatic carbocycles. The number of piperidine rings is 1. The number of likely N-dealkylation sites (tertiary alicyclic amines) is 1. The van der Waals surface area contributed by atoms with Gasteiger partial charge in [-0.1, -0.05) is 72.8 Å². The lowest BCUT2D eigenvalue weighted by atomic mass is 9.76. The molecule has 0 bridgehead atoms. The molecule has 1 heterocycles. The third-order valence-electron chi connectivity index (χ3n) is 7.84. The zero-order valence-corrected chi connectivity index (χ0v) is 21.4. The summed E-state index contributed by atoms with van der Waals surface area (Å²) in [7, 11) is 0. The number of hydrogen-bond acceptors (Lipinski definition) is 3. The summed E-state index contributed by atoms with van der Waals surface area (Å²) in [6, 6.07) is 26.0. The summed E-state index contributed by atoms with van der Waals surface area (Å²) in [4.78, 5) is 14.0. The maximum absolute atomic E-state index is 11.4. The number of hydrogen-bond donors (Lipinski definition) is 2. The van der Waals surface area contributed by atoms with Crippen LogP contribution in [0.15, 0.2) is 72.8 Å². The molecule has 4 heteroatoms. The van der Waals surface area contributed by atoms with Gasteiger partial charge < -0.3 is 15.1 Å². The van der Waals surface area contributed by atoms with Crippen LogP contribution in [0.25, 0.3) is 0 Å². The molecule has 0 saturated carbocycles. The highest BCUT2D eigenvalue weighted by atomic mass is 16.4. The Bertz CT molecular complexity index is 1070. The smallest absolute Gasteiger partial charge is 0.307 e. The summed E-state index contributed by atoms with van der Waals surface area (Å²) < 4.78 is 0. The number of aryl methyl sites for hydroxylation is 2. The van der Waals surface area contributed by atoms with Gasteiger partial charge in [0.05, 0.1) is 13.0 Å². The summed E-state index contributed by atoms with van der Waals surface area (Å²) in [5.74, 6) is 0.252. The molecule has 1 fully saturated rings. The Hall–Kier alpha value is -2.95. The van der Waals surface area contributed by atoms with E-state index < -0.39 is 5.97 Å². The molecule has 4 rings (SSSR count). The number of carbonyl (C=O) groups is 1. The summed E-state index contributed by atoms with van der Waals surface area (Å²) in [5, 5.41) is 19.1. The molecule has 2 N–H and O–H groups in total. The highest BCUT2D eigenvalue weighted by molar-refractivity contribution is 5.71. The first-order chi connectivity index (χ1) is 17.6. The molecular weight excluding hydrogens is 446 g/mol. The highest BCUT2D eigenvalue weighted by Crippen LogP contribution is 2.38. The first-order valence-electron chi connectivity index (χ1n) is 13.3. The molecule has 0 aromatic heterocycles. The minimum Gasteiger partial charge on any atom is -0.481 e. The second-order valence-electron chi connectivity index (χ2n) is 10.2. The fraction of sp³-hybridized carbons (Fsp3) is 0.406. The van der Waals surface area contributed by atoms with Crippen molar-refractivity contribution in [3.63, 3.8) is 0 Å². The summed E-state index contributed by atoms with van der Waals surface area (Å²) in [6.45, 7) is 5.17. The minimum absolute atomic E-state index is 0.0234. The molecule has 36 heavy (non-hydrogen) atoms. The second kappa shape index (κ2) is 12.8. The van der Waals surface area contributed by atoms with Gasteiger partial charge in [-0.15, -0.1) is 0 Å². The van der Waals surface area contributed by atoms with Gasteiger partial charge in [0.15, 0.2) is 0 Å². The van der Waals surface area contributed by atoms with Crippen LogP contribution >= 0.6 is 0 Å². The number of aliphatic hydroxyl groups excluding tert-OH is 1. The van der Waals surface area contributed by atoms with E-state index >= 15 is 0 Å². The molecule has 1 saturated heterocycles. The van der Waals surface area contributed by atoms with Crippen molar-refractivity contribution in [1.82, 2.24) is 4.90 Å². The number of carboxylic acids is 1. The molecule has 1 aliphatic heterocycles. The number of rotatable bonds is 11. The molecule has 1 aliphatic rings. The molecule has 190 valence electrons. The first kappa shape index (κ1) is 26.1. The lowest BCUT2D eigenvalue weighted by Gasteiger charge is -2.36. The lowest BCUT2D eigenvalue weighted by Crippen LogP contribution is -2.36. The van der Waals surface area contributed by atoms with E-state index in [1.54, 1.807) is 0 Å². The van der Waals surface area contributed by atoms with Crippen LogP contribution in [0.2, 0.25) is 0 Å². The monoisotopic (exact) mass is 485 g/mol. The van der Waals surface area contributed by atoms with Crippen molar-refractivity contribution in [2.24, 2.45) is 5.92 Å². The van der Waals surface area contributed by atoms with Gasteiger partial charge in [0.25, 0.3) is 0 Å². The number of aliphatic carboxylic acids is 1. The van der Waals surface area contributed by atoms with Crippen molar-refractivity contribution in [2.75, 3.05) is 19.6 Å². The first-order valence-corrected chi connectivity index (χ1v) is 13.3. The van der Waals surface area contributed by atoms with Gasteiger partial charge in [-0.2, -0.15) is 0 Å². The van der Waals surface area contributed by atoms with Crippen molar-refractivity contribution >= 4 is 5.97 Å². The topological polar surface area (TPSA) is 60.8 Å². The van der Waals surface area contributed by atoms with Crippen LogP contribution < -0.4 is 0 Å². The molecule has 0 spiro atoms. The fourth-order valence-electron chi connectivity index (χ4n) is 5.90. The predicted octanol–water partition coefficient (Wildman–Crippen LogP) is 5.98. The van der Waals surface area contributed by atoms with Crippen LogP contribution in [0.3, 0.4) is 0 Å². The normalized spacial score (nSPS) is 14.9. The van der Waals surface area contributed by atoms with E-state index in [0.29, 0.717) is 11.8 Å². The van der Waals surface area contributed by atoms with Crippen LogP contribution in [-0.4, -0.2) is 40.7 Å². The van der Waals surface area contributed by atoms with Gasteiger partial charge in [0, 0.05) is 5.92 Å². The van der Waals surface area contributed by atoms with Gasteiger partial charge in [-0.3, -0.25) is 4.79 Å². The van der Waals surface area contributed by atoms with Crippen molar-refractivity contribution in [2.45, 2.75) is 58.0 Å². The third kappa shape index (κ3) is 6.63. The van der Waals surface area contributed by atoms with E-state index in [4.69, 9.17) is 0 Å². The molecule has 3 aromatic rings. The highest BCUT2D eigenvalue weighted by Gasteiger charge is 2.28. The lowest BCUT2D eigenvalue weighted by molar-refractivity contribution is -0.136. The van der Waals surface area contributed by atoms with Crippen molar-refractivity contribution in [3.05, 3.63) is 106 Å². The summed E-state index contributed by atoms with van der Waals surface area (Å²) in [5.41, 5.74) is 6.45. The van der Waals surface area contributed by atoms with Crippen molar-refractivity contribution in [1.29, 1.82) is 0 Å². The molecule has 0 radical (unpaired) electrons. The van der Waals surface area contributed by atoms with Gasteiger partial charge in [-0.25, -0.2) is 0 Å². The second-order valence-corrected chi connectivity index (χ2v) is 10.2. The molecule has 0 unspecified atom stereocenters. The molecule has 4 nitrogen and oxygen atoms in total. The molecule has 3 aromatic carbocycles. The number of benzene rings is 3. The van der Waals surface area contributed by atoms with Gasteiger partial charge >= 0.3 is 5.97 Å². The fourth-order valence-corrected chi connectivity index (χ4v) is 5.90. The largest absolute Gasteiger partial charge is 0.481 e. The van der Waals surface area contributed by atoms with Crippen molar-refractivity contribution < 1.29 is 15.0 Å². The van der Waals surface area contributed by atoms with E-state index in [1.807, 2.05) is 19.1 Å². The SMILES string of the molecule is Cc1ccc(CCCCN2CCC(C(c3ccccc3)c3ccccc3)CC2)c(CC(=O)O)c1CO. The molecule has 0 amide bonds. The van der Waals surface area contributed by atoms with E-state index in [1.165, 1.54) is 24.0 Å². The summed E-state index contributed by atoms with van der Waals surface area (Å²) >= 11 is 0. The Kier molecular flexibility index (Phi) is 9.32. The number of carboxylic acid groups (broad SMARTS) is 1. The Labute approximate surface area is 215 Å². The van der Waals surface area contributed by atoms with Crippen LogP contribution in [0.5, 0.6) is 0 Å². The Morgan fingerprint density at radius 1 is 0.889 bits per heavy atom. The van der Waals surface area contributed by atoms with Crippen LogP contribution in [0, 0.1) is 12.8 Å². The average Bonchev–Trinajstić information content (AvgIpc) is 2.90. The van der Waals surface area contributed by atoms with Crippen LogP contribution in [0.1, 0.15) is 65.0 Å². The summed E-state index contributed by atoms with van der Waals surface area (Å²) in [6.07, 6.45) is 5.36. The van der Waals surface area contributed by atoms with Gasteiger partial charge in [0.2, 0.25) is 0 Å². The van der Waals surface area contributed by atoms with Crippen LogP contribution in [0.4, 0.5) is 0 Å². The van der Waals surface area contributed by atoms with E-state index in [0.717, 1.165) is 61.2 Å². The van der Waals surface area contributed by atoms with Gasteiger partial charge in [0.1, 0.15) is 0 Å². The standard InChI is InChI=1S/C32H39NO3/c1-24-15-16-25(29(22-31(35)36)30(24)23-34)10-8-9-19-33-20-17-28(18-21-33)32(26-11-4-2-5-12-26)27-13-6-3-7-14-27/h2-7,11-16,28,32,34H,8-10,17-23H2,1H3,(H,35,36). The van der Waals surface area contributed by atoms with E-state index in [-0.39, 0.29) is 13.0 Å². The number of aliphatic hydroxyl groups is 1. The van der Waals surface area contributed by atoms with E-state index in [9.17, 15) is 15.0 Å². The van der Waals surface area contributed by atoms with Crippen LogP contribution in [-0.2, 0) is 24.2 Å². The third-order valence-corrected chi connectivity index (χ3v) is 7.84. The maximum atomic E-state index is 11.4. The molecule has 0 atom stereocenters. The predicted molar refractivity (Wildman–Crippen MR) is 145 cm³/mol. The van der Waals surface area contributed by atoms with Gasteiger partial charge in [-0.05, 0) is 98.0 Å². The maximum Gasteiger partial charge on any atom is 0.307 e. The Morgan fingerprint density at radius 3 is 2.06 bits per heavy atom. The average molecular weight is 486 g/mol. The molecular formula is C32H39NO3. The quantitative estimate of drug-likeness (QED) is 0.328. The zero-order chi connectivity index (χ0) is 25.3. The zero-order valence-electron chi connectivity index (χ0n) is 21.4. The Balaban J connectivity index is 1.31. The number of nitrogens with zero attached hydrogens (tertiary/aromatic N) is 1. The number of unbranched alkanes of at least 4 members (excludes halogenated alkanes) is 1. The van der Waals surface area contributed by atoms with Crippen molar-refractivity contribution in [3.8, 4) is 0 Å². The Morgan fingerprint density at radius 2 is 1.50 bits per heavy atom. The minimum atomic E-state index is -0.844.